The predicted molar refractivity (Wildman–Crippen MR) is 74.7 cm³/mol. The summed E-state index contributed by atoms with van der Waals surface area (Å²) in [5.41, 5.74) is 6.93. The van der Waals surface area contributed by atoms with Gasteiger partial charge in [-0.2, -0.15) is 0 Å². The van der Waals surface area contributed by atoms with Gasteiger partial charge in [-0.05, 0) is 38.3 Å². The molecular weight excluding hydrogens is 242 g/mol. The van der Waals surface area contributed by atoms with Crippen molar-refractivity contribution in [3.63, 3.8) is 0 Å². The fourth-order valence-electron chi connectivity index (χ4n) is 2.40. The van der Waals surface area contributed by atoms with Crippen LogP contribution in [0.4, 0.5) is 0 Å². The molecule has 106 valence electrons. The van der Waals surface area contributed by atoms with Gasteiger partial charge in [0.15, 0.2) is 0 Å². The number of ether oxygens (including phenoxy) is 3. The monoisotopic (exact) mass is 265 g/mol. The van der Waals surface area contributed by atoms with E-state index in [2.05, 4.69) is 0 Å². The van der Waals surface area contributed by atoms with Crippen LogP contribution in [0.1, 0.15) is 37.8 Å². The summed E-state index contributed by atoms with van der Waals surface area (Å²) in [5, 5.41) is 0. The van der Waals surface area contributed by atoms with Crippen LogP contribution in [0.2, 0.25) is 0 Å². The first kappa shape index (κ1) is 14.2. The molecule has 0 radical (unpaired) electrons. The van der Waals surface area contributed by atoms with Crippen LogP contribution in [0.25, 0.3) is 0 Å². The van der Waals surface area contributed by atoms with Crippen molar-refractivity contribution in [2.24, 2.45) is 5.73 Å². The molecular formula is C15H23NO3. The van der Waals surface area contributed by atoms with E-state index in [1.165, 1.54) is 6.42 Å². The Morgan fingerprint density at radius 1 is 1.37 bits per heavy atom. The number of nitrogens with two attached hydrogens (primary N) is 1. The van der Waals surface area contributed by atoms with E-state index in [4.69, 9.17) is 19.9 Å². The number of hydrogen-bond acceptors (Lipinski definition) is 4. The standard InChI is InChI=1S/C15H23NO3/c1-11(16)15-13(17-2)7-5-8-14(15)19-10-12-6-3-4-9-18-12/h5,7-8,11-12H,3-4,6,9-10,16H2,1-2H3. The Balaban J connectivity index is 2.06. The SMILES string of the molecule is COc1cccc(OCC2CCCCO2)c1C(C)N. The minimum atomic E-state index is -0.126. The molecule has 0 spiro atoms. The Bertz CT molecular complexity index is 400. The Hall–Kier alpha value is -1.26. The highest BCUT2D eigenvalue weighted by atomic mass is 16.5. The van der Waals surface area contributed by atoms with E-state index in [0.717, 1.165) is 36.5 Å². The van der Waals surface area contributed by atoms with Crippen molar-refractivity contribution in [1.82, 2.24) is 0 Å². The highest BCUT2D eigenvalue weighted by molar-refractivity contribution is 5.46. The quantitative estimate of drug-likeness (QED) is 0.889. The molecule has 4 heteroatoms. The van der Waals surface area contributed by atoms with Gasteiger partial charge in [0.2, 0.25) is 0 Å². The van der Waals surface area contributed by atoms with Gasteiger partial charge in [0.25, 0.3) is 0 Å². The molecule has 0 aromatic heterocycles. The first-order valence-electron chi connectivity index (χ1n) is 6.89. The van der Waals surface area contributed by atoms with Crippen molar-refractivity contribution in [2.75, 3.05) is 20.3 Å². The van der Waals surface area contributed by atoms with E-state index in [-0.39, 0.29) is 12.1 Å². The zero-order valence-electron chi connectivity index (χ0n) is 11.7. The smallest absolute Gasteiger partial charge is 0.127 e. The molecule has 2 N–H and O–H groups in total. The maximum absolute atomic E-state index is 6.01. The second-order valence-corrected chi connectivity index (χ2v) is 4.96. The van der Waals surface area contributed by atoms with E-state index >= 15 is 0 Å². The Kier molecular flexibility index (Phi) is 5.05. The zero-order chi connectivity index (χ0) is 13.7. The van der Waals surface area contributed by atoms with E-state index in [0.29, 0.717) is 6.61 Å². The summed E-state index contributed by atoms with van der Waals surface area (Å²) in [5.74, 6) is 1.57. The molecule has 2 rings (SSSR count). The van der Waals surface area contributed by atoms with Gasteiger partial charge in [-0.15, -0.1) is 0 Å². The molecule has 2 unspecified atom stereocenters. The van der Waals surface area contributed by atoms with Crippen molar-refractivity contribution in [3.05, 3.63) is 23.8 Å². The minimum Gasteiger partial charge on any atom is -0.496 e. The van der Waals surface area contributed by atoms with Crippen molar-refractivity contribution < 1.29 is 14.2 Å². The molecule has 0 saturated carbocycles. The molecule has 1 aliphatic rings. The summed E-state index contributed by atoms with van der Waals surface area (Å²) in [6, 6.07) is 5.63. The molecule has 1 heterocycles. The highest BCUT2D eigenvalue weighted by Gasteiger charge is 2.18. The molecule has 4 nitrogen and oxygen atoms in total. The highest BCUT2D eigenvalue weighted by Crippen LogP contribution is 2.33. The second kappa shape index (κ2) is 6.78. The number of rotatable bonds is 5. The van der Waals surface area contributed by atoms with Gasteiger partial charge in [0.05, 0.1) is 18.8 Å². The molecule has 1 saturated heterocycles. The average molecular weight is 265 g/mol. The second-order valence-electron chi connectivity index (χ2n) is 4.96. The van der Waals surface area contributed by atoms with E-state index in [1.807, 2.05) is 25.1 Å². The van der Waals surface area contributed by atoms with Crippen LogP contribution in [0.3, 0.4) is 0 Å². The predicted octanol–water partition coefficient (Wildman–Crippen LogP) is 2.66. The van der Waals surface area contributed by atoms with Crippen LogP contribution in [0.15, 0.2) is 18.2 Å². The van der Waals surface area contributed by atoms with Crippen LogP contribution in [0, 0.1) is 0 Å². The number of hydrogen-bond donors (Lipinski definition) is 1. The Morgan fingerprint density at radius 3 is 2.79 bits per heavy atom. The van der Waals surface area contributed by atoms with Crippen LogP contribution in [-0.4, -0.2) is 26.4 Å². The van der Waals surface area contributed by atoms with Gasteiger partial charge >= 0.3 is 0 Å². The molecule has 2 atom stereocenters. The average Bonchev–Trinajstić information content (AvgIpc) is 2.45. The van der Waals surface area contributed by atoms with Crippen molar-refractivity contribution in [3.8, 4) is 11.5 Å². The summed E-state index contributed by atoms with van der Waals surface area (Å²) in [7, 11) is 1.65. The maximum atomic E-state index is 6.01. The van der Waals surface area contributed by atoms with Gasteiger partial charge in [0.1, 0.15) is 18.1 Å². The van der Waals surface area contributed by atoms with Crippen molar-refractivity contribution in [2.45, 2.75) is 38.3 Å². The van der Waals surface area contributed by atoms with Crippen LogP contribution in [0.5, 0.6) is 11.5 Å². The summed E-state index contributed by atoms with van der Waals surface area (Å²) in [4.78, 5) is 0. The van der Waals surface area contributed by atoms with E-state index in [1.54, 1.807) is 7.11 Å². The molecule has 0 aliphatic carbocycles. The molecule has 0 amide bonds. The molecule has 1 aromatic carbocycles. The minimum absolute atomic E-state index is 0.126. The lowest BCUT2D eigenvalue weighted by atomic mass is 10.1. The lowest BCUT2D eigenvalue weighted by molar-refractivity contribution is -0.0113. The maximum Gasteiger partial charge on any atom is 0.127 e. The van der Waals surface area contributed by atoms with Crippen molar-refractivity contribution in [1.29, 1.82) is 0 Å². The molecule has 1 fully saturated rings. The fourth-order valence-corrected chi connectivity index (χ4v) is 2.40. The Labute approximate surface area is 114 Å². The fraction of sp³-hybridized carbons (Fsp3) is 0.600. The van der Waals surface area contributed by atoms with Gasteiger partial charge in [0, 0.05) is 12.6 Å². The lowest BCUT2D eigenvalue weighted by Crippen LogP contribution is -2.26. The van der Waals surface area contributed by atoms with E-state index < -0.39 is 0 Å². The summed E-state index contributed by atoms with van der Waals surface area (Å²) >= 11 is 0. The van der Waals surface area contributed by atoms with Gasteiger partial charge in [-0.1, -0.05) is 6.07 Å². The van der Waals surface area contributed by atoms with E-state index in [9.17, 15) is 0 Å². The third-order valence-electron chi connectivity index (χ3n) is 3.40. The van der Waals surface area contributed by atoms with Gasteiger partial charge in [-0.3, -0.25) is 0 Å². The summed E-state index contributed by atoms with van der Waals surface area (Å²) in [6.07, 6.45) is 3.63. The summed E-state index contributed by atoms with van der Waals surface area (Å²) in [6.45, 7) is 3.35. The summed E-state index contributed by atoms with van der Waals surface area (Å²) < 4.78 is 16.9. The number of methoxy groups -OCH3 is 1. The third kappa shape index (κ3) is 3.61. The molecule has 0 bridgehead atoms. The first-order chi connectivity index (χ1) is 9.22. The van der Waals surface area contributed by atoms with Gasteiger partial charge in [-0.25, -0.2) is 0 Å². The lowest BCUT2D eigenvalue weighted by Gasteiger charge is -2.24. The zero-order valence-corrected chi connectivity index (χ0v) is 11.7. The first-order valence-corrected chi connectivity index (χ1v) is 6.89. The number of benzene rings is 1. The third-order valence-corrected chi connectivity index (χ3v) is 3.40. The Morgan fingerprint density at radius 2 is 2.16 bits per heavy atom. The van der Waals surface area contributed by atoms with Gasteiger partial charge < -0.3 is 19.9 Å². The topological polar surface area (TPSA) is 53.7 Å². The normalized spacial score (nSPS) is 20.9. The van der Waals surface area contributed by atoms with Crippen LogP contribution in [-0.2, 0) is 4.74 Å². The molecule has 1 aliphatic heterocycles. The molecule has 1 aromatic rings. The van der Waals surface area contributed by atoms with Crippen molar-refractivity contribution >= 4 is 0 Å². The van der Waals surface area contributed by atoms with Crippen LogP contribution < -0.4 is 15.2 Å². The molecule has 19 heavy (non-hydrogen) atoms. The largest absolute Gasteiger partial charge is 0.496 e. The van der Waals surface area contributed by atoms with Crippen LogP contribution >= 0.6 is 0 Å².